The zero-order chi connectivity index (χ0) is 10.5. The van der Waals surface area contributed by atoms with E-state index in [2.05, 4.69) is 5.32 Å². The monoisotopic (exact) mass is 206 g/mol. The lowest BCUT2D eigenvalue weighted by atomic mass is 10.1. The Morgan fingerprint density at radius 1 is 1.20 bits per heavy atom. The fourth-order valence-electron chi connectivity index (χ4n) is 1.87. The topological polar surface area (TPSA) is 47.3 Å². The van der Waals surface area contributed by atoms with Crippen molar-refractivity contribution in [3.63, 3.8) is 0 Å². The number of anilines is 1. The van der Waals surface area contributed by atoms with Crippen molar-refractivity contribution in [2.45, 2.75) is 25.4 Å². The molecule has 0 spiro atoms. The van der Waals surface area contributed by atoms with Gasteiger partial charge in [-0.05, 0) is 44.5 Å². The van der Waals surface area contributed by atoms with Crippen LogP contribution in [0.3, 0.4) is 0 Å². The van der Waals surface area contributed by atoms with E-state index in [0.29, 0.717) is 6.10 Å². The highest BCUT2D eigenvalue weighted by Crippen LogP contribution is 2.23. The molecule has 0 radical (unpaired) electrons. The van der Waals surface area contributed by atoms with Crippen LogP contribution in [0.2, 0.25) is 0 Å². The minimum absolute atomic E-state index is 0.310. The second kappa shape index (κ2) is 5.03. The molecule has 0 saturated carbocycles. The first-order chi connectivity index (χ1) is 7.36. The van der Waals surface area contributed by atoms with Crippen LogP contribution < -0.4 is 15.8 Å². The smallest absolute Gasteiger partial charge is 0.142 e. The Kier molecular flexibility index (Phi) is 3.45. The molecule has 1 aromatic rings. The second-order valence-corrected chi connectivity index (χ2v) is 3.96. The zero-order valence-electron chi connectivity index (χ0n) is 8.91. The van der Waals surface area contributed by atoms with Gasteiger partial charge >= 0.3 is 0 Å². The molecule has 1 saturated heterocycles. The molecule has 0 amide bonds. The molecule has 1 aliphatic rings. The van der Waals surface area contributed by atoms with Crippen molar-refractivity contribution in [1.29, 1.82) is 0 Å². The van der Waals surface area contributed by atoms with E-state index in [1.807, 2.05) is 24.3 Å². The fraction of sp³-hybridized carbons (Fsp3) is 0.500. The highest BCUT2D eigenvalue weighted by atomic mass is 16.5. The minimum atomic E-state index is 0.310. The van der Waals surface area contributed by atoms with Gasteiger partial charge in [0.25, 0.3) is 0 Å². The number of ether oxygens (including phenoxy) is 1. The molecule has 3 nitrogen and oxygen atoms in total. The number of rotatable bonds is 2. The van der Waals surface area contributed by atoms with Crippen molar-refractivity contribution in [2.75, 3.05) is 18.8 Å². The van der Waals surface area contributed by atoms with Crippen LogP contribution >= 0.6 is 0 Å². The Labute approximate surface area is 90.6 Å². The van der Waals surface area contributed by atoms with Crippen LogP contribution in [0.4, 0.5) is 5.69 Å². The summed E-state index contributed by atoms with van der Waals surface area (Å²) in [6.07, 6.45) is 3.66. The van der Waals surface area contributed by atoms with Gasteiger partial charge in [-0.15, -0.1) is 0 Å². The molecular formula is C12H18N2O. The standard InChI is InChI=1S/C12H18N2O/c13-11-5-1-2-6-12(11)15-10-4-3-8-14-9-7-10/h1-2,5-6,10,14H,3-4,7-9,13H2. The molecule has 82 valence electrons. The summed E-state index contributed by atoms with van der Waals surface area (Å²) in [6, 6.07) is 7.70. The molecule has 0 aliphatic carbocycles. The molecule has 3 heteroatoms. The average molecular weight is 206 g/mol. The molecule has 1 aromatic carbocycles. The number of hydrogen-bond donors (Lipinski definition) is 2. The summed E-state index contributed by atoms with van der Waals surface area (Å²) < 4.78 is 5.90. The lowest BCUT2D eigenvalue weighted by Crippen LogP contribution is -2.19. The van der Waals surface area contributed by atoms with Gasteiger partial charge in [-0.3, -0.25) is 0 Å². The van der Waals surface area contributed by atoms with Crippen LogP contribution in [0.15, 0.2) is 24.3 Å². The molecule has 1 fully saturated rings. The number of nitrogen functional groups attached to an aromatic ring is 1. The number of benzene rings is 1. The quantitative estimate of drug-likeness (QED) is 0.725. The highest BCUT2D eigenvalue weighted by Gasteiger charge is 2.13. The average Bonchev–Trinajstić information content (AvgIpc) is 2.50. The van der Waals surface area contributed by atoms with Gasteiger partial charge < -0.3 is 15.8 Å². The van der Waals surface area contributed by atoms with Crippen LogP contribution in [0.5, 0.6) is 5.75 Å². The van der Waals surface area contributed by atoms with Crippen LogP contribution in [-0.4, -0.2) is 19.2 Å². The lowest BCUT2D eigenvalue weighted by molar-refractivity contribution is 0.188. The van der Waals surface area contributed by atoms with E-state index < -0.39 is 0 Å². The molecule has 2 rings (SSSR count). The first kappa shape index (κ1) is 10.3. The number of nitrogens with one attached hydrogen (secondary N) is 1. The predicted octanol–water partition coefficient (Wildman–Crippen LogP) is 1.79. The van der Waals surface area contributed by atoms with Gasteiger partial charge in [0.15, 0.2) is 0 Å². The van der Waals surface area contributed by atoms with E-state index in [-0.39, 0.29) is 0 Å². The Bertz CT molecular complexity index is 306. The van der Waals surface area contributed by atoms with E-state index in [4.69, 9.17) is 10.5 Å². The SMILES string of the molecule is Nc1ccccc1OC1CCCNCC1. The maximum absolute atomic E-state index is 5.90. The Morgan fingerprint density at radius 2 is 2.07 bits per heavy atom. The Hall–Kier alpha value is -1.22. The molecule has 1 aliphatic heterocycles. The third kappa shape index (κ3) is 2.86. The van der Waals surface area contributed by atoms with Crippen molar-refractivity contribution in [3.05, 3.63) is 24.3 Å². The first-order valence-electron chi connectivity index (χ1n) is 5.58. The number of hydrogen-bond acceptors (Lipinski definition) is 3. The molecule has 1 unspecified atom stereocenters. The largest absolute Gasteiger partial charge is 0.488 e. The summed E-state index contributed by atoms with van der Waals surface area (Å²) in [5.74, 6) is 0.824. The van der Waals surface area contributed by atoms with Crippen molar-refractivity contribution in [1.82, 2.24) is 5.32 Å². The summed E-state index contributed by atoms with van der Waals surface area (Å²) in [5.41, 5.74) is 6.57. The minimum Gasteiger partial charge on any atom is -0.488 e. The van der Waals surface area contributed by atoms with Crippen molar-refractivity contribution in [2.24, 2.45) is 0 Å². The fourth-order valence-corrected chi connectivity index (χ4v) is 1.87. The van der Waals surface area contributed by atoms with Gasteiger partial charge in [0.05, 0.1) is 5.69 Å². The number of nitrogens with two attached hydrogens (primary N) is 1. The summed E-state index contributed by atoms with van der Waals surface area (Å²) in [5, 5.41) is 3.37. The van der Waals surface area contributed by atoms with Gasteiger partial charge in [0, 0.05) is 0 Å². The van der Waals surface area contributed by atoms with Gasteiger partial charge in [0.1, 0.15) is 11.9 Å². The third-order valence-electron chi connectivity index (χ3n) is 2.74. The molecule has 0 bridgehead atoms. The maximum atomic E-state index is 5.90. The van der Waals surface area contributed by atoms with E-state index in [1.165, 1.54) is 6.42 Å². The van der Waals surface area contributed by atoms with Crippen LogP contribution in [0.1, 0.15) is 19.3 Å². The number of para-hydroxylation sites is 2. The van der Waals surface area contributed by atoms with E-state index in [9.17, 15) is 0 Å². The molecule has 1 heterocycles. The van der Waals surface area contributed by atoms with E-state index >= 15 is 0 Å². The third-order valence-corrected chi connectivity index (χ3v) is 2.74. The van der Waals surface area contributed by atoms with Crippen molar-refractivity contribution >= 4 is 5.69 Å². The van der Waals surface area contributed by atoms with Crippen LogP contribution in [0.25, 0.3) is 0 Å². The summed E-state index contributed by atoms with van der Waals surface area (Å²) in [7, 11) is 0. The van der Waals surface area contributed by atoms with Gasteiger partial charge in [-0.1, -0.05) is 12.1 Å². The molecule has 1 atom stereocenters. The van der Waals surface area contributed by atoms with E-state index in [1.54, 1.807) is 0 Å². The van der Waals surface area contributed by atoms with Crippen LogP contribution in [-0.2, 0) is 0 Å². The van der Waals surface area contributed by atoms with Gasteiger partial charge in [0.2, 0.25) is 0 Å². The maximum Gasteiger partial charge on any atom is 0.142 e. The van der Waals surface area contributed by atoms with Crippen molar-refractivity contribution < 1.29 is 4.74 Å². The normalized spacial score (nSPS) is 22.0. The van der Waals surface area contributed by atoms with Gasteiger partial charge in [-0.2, -0.15) is 0 Å². The highest BCUT2D eigenvalue weighted by molar-refractivity contribution is 5.51. The summed E-state index contributed by atoms with van der Waals surface area (Å²) >= 11 is 0. The van der Waals surface area contributed by atoms with Gasteiger partial charge in [-0.25, -0.2) is 0 Å². The van der Waals surface area contributed by atoms with Crippen LogP contribution in [0, 0.1) is 0 Å². The lowest BCUT2D eigenvalue weighted by Gasteiger charge is -2.17. The predicted molar refractivity (Wildman–Crippen MR) is 62.0 cm³/mol. The molecule has 15 heavy (non-hydrogen) atoms. The summed E-state index contributed by atoms with van der Waals surface area (Å²) in [6.45, 7) is 2.14. The Morgan fingerprint density at radius 3 is 2.93 bits per heavy atom. The molecule has 3 N–H and O–H groups in total. The Balaban J connectivity index is 1.98. The molecular weight excluding hydrogens is 188 g/mol. The van der Waals surface area contributed by atoms with Crippen molar-refractivity contribution in [3.8, 4) is 5.75 Å². The first-order valence-corrected chi connectivity index (χ1v) is 5.58. The zero-order valence-corrected chi connectivity index (χ0v) is 8.91. The molecule has 0 aromatic heterocycles. The summed E-state index contributed by atoms with van der Waals surface area (Å²) in [4.78, 5) is 0. The van der Waals surface area contributed by atoms with E-state index in [0.717, 1.165) is 37.4 Å². The second-order valence-electron chi connectivity index (χ2n) is 3.96.